The summed E-state index contributed by atoms with van der Waals surface area (Å²) in [6, 6.07) is -0.0685. The molecule has 2 amide bonds. The minimum atomic E-state index is -0.865. The number of carbonyl (C=O) groups is 2. The van der Waals surface area contributed by atoms with Gasteiger partial charge in [0.05, 0.1) is 19.3 Å². The Balaban J connectivity index is 2.43. The van der Waals surface area contributed by atoms with Crippen molar-refractivity contribution in [3.8, 4) is 0 Å². The summed E-state index contributed by atoms with van der Waals surface area (Å²) in [5.74, 6) is -0.273. The van der Waals surface area contributed by atoms with Crippen LogP contribution in [0.5, 0.6) is 0 Å². The van der Waals surface area contributed by atoms with Crippen LogP contribution in [-0.4, -0.2) is 79.4 Å². The number of carbonyl (C=O) groups excluding carboxylic acids is 1. The van der Waals surface area contributed by atoms with E-state index < -0.39 is 5.97 Å². The highest BCUT2D eigenvalue weighted by Gasteiger charge is 2.27. The fourth-order valence-corrected chi connectivity index (χ4v) is 3.26. The molecule has 0 radical (unpaired) electrons. The minimum absolute atomic E-state index is 0.0323. The Bertz CT molecular complexity index is 426. The monoisotopic (exact) mass is 343 g/mol. The van der Waals surface area contributed by atoms with Crippen molar-refractivity contribution in [2.45, 2.75) is 40.2 Å². The number of aliphatic carboxylic acids is 1. The van der Waals surface area contributed by atoms with E-state index in [9.17, 15) is 9.59 Å². The maximum atomic E-state index is 12.4. The zero-order valence-corrected chi connectivity index (χ0v) is 15.7. The van der Waals surface area contributed by atoms with E-state index in [1.807, 2.05) is 0 Å². The van der Waals surface area contributed by atoms with Crippen molar-refractivity contribution in [3.05, 3.63) is 0 Å². The van der Waals surface area contributed by atoms with E-state index in [1.54, 1.807) is 16.8 Å². The molecule has 7 nitrogen and oxygen atoms in total. The maximum Gasteiger partial charge on any atom is 0.317 e. The van der Waals surface area contributed by atoms with Crippen LogP contribution in [0.15, 0.2) is 0 Å². The number of urea groups is 1. The van der Waals surface area contributed by atoms with Crippen LogP contribution in [0.2, 0.25) is 0 Å². The van der Waals surface area contributed by atoms with E-state index in [-0.39, 0.29) is 24.1 Å². The highest BCUT2D eigenvalue weighted by atomic mass is 16.5. The van der Waals surface area contributed by atoms with Gasteiger partial charge in [-0.3, -0.25) is 9.69 Å². The molecule has 1 aliphatic rings. The first-order valence-electron chi connectivity index (χ1n) is 8.64. The van der Waals surface area contributed by atoms with Gasteiger partial charge in [0.1, 0.15) is 0 Å². The van der Waals surface area contributed by atoms with Gasteiger partial charge in [0, 0.05) is 26.2 Å². The normalized spacial score (nSPS) is 19.0. The molecule has 0 aromatic carbocycles. The van der Waals surface area contributed by atoms with Crippen LogP contribution >= 0.6 is 0 Å². The van der Waals surface area contributed by atoms with E-state index >= 15 is 0 Å². The van der Waals surface area contributed by atoms with Crippen LogP contribution in [-0.2, 0) is 9.53 Å². The zero-order chi connectivity index (χ0) is 18.3. The largest absolute Gasteiger partial charge is 0.480 e. The minimum Gasteiger partial charge on any atom is -0.480 e. The van der Waals surface area contributed by atoms with E-state index in [4.69, 9.17) is 9.84 Å². The molecule has 0 aromatic heterocycles. The zero-order valence-electron chi connectivity index (χ0n) is 15.7. The molecule has 1 unspecified atom stereocenters. The molecule has 1 fully saturated rings. The summed E-state index contributed by atoms with van der Waals surface area (Å²) in [6.07, 6.45) is 0.899. The topological polar surface area (TPSA) is 82.1 Å². The van der Waals surface area contributed by atoms with Crippen molar-refractivity contribution in [2.75, 3.05) is 46.4 Å². The second-order valence-electron chi connectivity index (χ2n) is 7.95. The summed E-state index contributed by atoms with van der Waals surface area (Å²) in [5.41, 5.74) is 0.0667. The molecule has 0 bridgehead atoms. The predicted octanol–water partition coefficient (Wildman–Crippen LogP) is 1.49. The van der Waals surface area contributed by atoms with Crippen LogP contribution in [0.25, 0.3) is 0 Å². The average Bonchev–Trinajstić information content (AvgIpc) is 2.42. The maximum absolute atomic E-state index is 12.4. The van der Waals surface area contributed by atoms with Gasteiger partial charge in [0.15, 0.2) is 0 Å². The van der Waals surface area contributed by atoms with Crippen LogP contribution < -0.4 is 5.32 Å². The lowest BCUT2D eigenvalue weighted by atomic mass is 9.84. The van der Waals surface area contributed by atoms with Crippen molar-refractivity contribution in [2.24, 2.45) is 11.3 Å². The molecule has 140 valence electrons. The van der Waals surface area contributed by atoms with E-state index in [0.29, 0.717) is 38.7 Å². The SMILES string of the molecule is CC(C)CC(C)(C)CNC(=O)N1CCOC(CN(C)CC(=O)O)C1. The van der Waals surface area contributed by atoms with Crippen molar-refractivity contribution in [1.82, 2.24) is 15.1 Å². The molecule has 0 aromatic rings. The highest BCUT2D eigenvalue weighted by molar-refractivity contribution is 5.74. The quantitative estimate of drug-likeness (QED) is 0.698. The first kappa shape index (κ1) is 20.7. The second kappa shape index (κ2) is 9.22. The fourth-order valence-electron chi connectivity index (χ4n) is 3.26. The average molecular weight is 343 g/mol. The molecular formula is C17H33N3O4. The van der Waals surface area contributed by atoms with Gasteiger partial charge in [-0.25, -0.2) is 4.79 Å². The third-order valence-corrected chi connectivity index (χ3v) is 4.03. The Labute approximate surface area is 145 Å². The van der Waals surface area contributed by atoms with Crippen LogP contribution in [0.4, 0.5) is 4.79 Å². The molecular weight excluding hydrogens is 310 g/mol. The second-order valence-corrected chi connectivity index (χ2v) is 7.95. The number of nitrogens with one attached hydrogen (secondary N) is 1. The number of nitrogens with zero attached hydrogens (tertiary/aromatic N) is 2. The number of hydrogen-bond donors (Lipinski definition) is 2. The van der Waals surface area contributed by atoms with Gasteiger partial charge in [-0.2, -0.15) is 0 Å². The Hall–Kier alpha value is -1.34. The van der Waals surface area contributed by atoms with E-state index in [0.717, 1.165) is 6.42 Å². The van der Waals surface area contributed by atoms with Gasteiger partial charge < -0.3 is 20.1 Å². The molecule has 2 N–H and O–H groups in total. The van der Waals surface area contributed by atoms with E-state index in [2.05, 4.69) is 33.0 Å². The predicted molar refractivity (Wildman–Crippen MR) is 93.1 cm³/mol. The van der Waals surface area contributed by atoms with Gasteiger partial charge in [-0.1, -0.05) is 27.7 Å². The summed E-state index contributed by atoms with van der Waals surface area (Å²) in [7, 11) is 1.74. The first-order valence-corrected chi connectivity index (χ1v) is 8.64. The van der Waals surface area contributed by atoms with Crippen LogP contribution in [0.3, 0.4) is 0 Å². The fraction of sp³-hybridized carbons (Fsp3) is 0.882. The summed E-state index contributed by atoms with van der Waals surface area (Å²) in [4.78, 5) is 26.6. The standard InChI is InChI=1S/C17H33N3O4/c1-13(2)8-17(3,4)12-18-16(23)20-6-7-24-14(10-20)9-19(5)11-15(21)22/h13-14H,6-12H2,1-5H3,(H,18,23)(H,21,22). The van der Waals surface area contributed by atoms with Crippen molar-refractivity contribution < 1.29 is 19.4 Å². The summed E-state index contributed by atoms with van der Waals surface area (Å²) < 4.78 is 5.65. The molecule has 1 rings (SSSR count). The number of ether oxygens (including phenoxy) is 1. The number of carboxylic acids is 1. The number of rotatable bonds is 8. The Morgan fingerprint density at radius 3 is 2.67 bits per heavy atom. The van der Waals surface area contributed by atoms with Crippen LogP contribution in [0.1, 0.15) is 34.1 Å². The lowest BCUT2D eigenvalue weighted by Crippen LogP contribution is -2.53. The first-order chi connectivity index (χ1) is 11.1. The third-order valence-electron chi connectivity index (χ3n) is 4.03. The molecule has 24 heavy (non-hydrogen) atoms. The molecule has 1 heterocycles. The number of morpholine rings is 1. The number of amides is 2. The molecule has 1 atom stereocenters. The summed E-state index contributed by atoms with van der Waals surface area (Å²) in [5, 5.41) is 11.8. The molecule has 1 aliphatic heterocycles. The summed E-state index contributed by atoms with van der Waals surface area (Å²) >= 11 is 0. The van der Waals surface area contributed by atoms with Gasteiger partial charge in [-0.15, -0.1) is 0 Å². The molecule has 0 saturated carbocycles. The molecule has 0 aliphatic carbocycles. The lowest BCUT2D eigenvalue weighted by molar-refractivity contribution is -0.138. The Morgan fingerprint density at radius 2 is 2.08 bits per heavy atom. The Morgan fingerprint density at radius 1 is 1.42 bits per heavy atom. The van der Waals surface area contributed by atoms with Gasteiger partial charge in [-0.05, 0) is 24.8 Å². The third kappa shape index (κ3) is 7.97. The highest BCUT2D eigenvalue weighted by Crippen LogP contribution is 2.24. The molecule has 0 spiro atoms. The lowest BCUT2D eigenvalue weighted by Gasteiger charge is -2.35. The molecule has 1 saturated heterocycles. The van der Waals surface area contributed by atoms with Gasteiger partial charge in [0.25, 0.3) is 0 Å². The number of carboxylic acid groups (broad SMARTS) is 1. The number of hydrogen-bond acceptors (Lipinski definition) is 4. The smallest absolute Gasteiger partial charge is 0.317 e. The molecule has 7 heteroatoms. The van der Waals surface area contributed by atoms with Crippen molar-refractivity contribution in [3.63, 3.8) is 0 Å². The van der Waals surface area contributed by atoms with Crippen molar-refractivity contribution in [1.29, 1.82) is 0 Å². The summed E-state index contributed by atoms with van der Waals surface area (Å²) in [6.45, 7) is 11.3. The van der Waals surface area contributed by atoms with Crippen molar-refractivity contribution >= 4 is 12.0 Å². The number of likely N-dealkylation sites (N-methyl/N-ethyl adjacent to an activating group) is 1. The Kier molecular flexibility index (Phi) is 7.96. The van der Waals surface area contributed by atoms with Gasteiger partial charge >= 0.3 is 12.0 Å². The van der Waals surface area contributed by atoms with E-state index in [1.165, 1.54) is 0 Å². The van der Waals surface area contributed by atoms with Crippen LogP contribution in [0, 0.1) is 11.3 Å². The van der Waals surface area contributed by atoms with Gasteiger partial charge in [0.2, 0.25) is 0 Å².